The van der Waals surface area contributed by atoms with Gasteiger partial charge in [-0.2, -0.15) is 5.10 Å². The lowest BCUT2D eigenvalue weighted by atomic mass is 9.95. The van der Waals surface area contributed by atoms with Crippen molar-refractivity contribution in [2.75, 3.05) is 26.7 Å². The maximum atomic E-state index is 13.0. The van der Waals surface area contributed by atoms with Gasteiger partial charge >= 0.3 is 6.03 Å². The largest absolute Gasteiger partial charge is 0.375 e. The van der Waals surface area contributed by atoms with Crippen molar-refractivity contribution in [1.82, 2.24) is 20.4 Å². The fourth-order valence-corrected chi connectivity index (χ4v) is 3.22. The second-order valence-corrected chi connectivity index (χ2v) is 6.26. The van der Waals surface area contributed by atoms with Gasteiger partial charge in [-0.15, -0.1) is 12.4 Å². The van der Waals surface area contributed by atoms with E-state index in [1.807, 2.05) is 11.0 Å². The Bertz CT molecular complexity index is 681. The van der Waals surface area contributed by atoms with E-state index < -0.39 is 0 Å². The van der Waals surface area contributed by atoms with Gasteiger partial charge in [-0.1, -0.05) is 12.1 Å². The monoisotopic (exact) mass is 382 g/mol. The third-order valence-corrected chi connectivity index (χ3v) is 4.64. The molecule has 0 saturated carbocycles. The summed E-state index contributed by atoms with van der Waals surface area (Å²) < 4.78 is 18.5. The zero-order valence-corrected chi connectivity index (χ0v) is 15.5. The van der Waals surface area contributed by atoms with Crippen LogP contribution in [-0.4, -0.2) is 47.9 Å². The Morgan fingerprint density at radius 3 is 2.85 bits per heavy atom. The number of amides is 2. The standard InChI is InChI=1S/C18H23FN4O2.ClH/c1-25-17(13-4-6-15(19)7-5-13)11-20-18(24)23-10-2-3-14(12-23)16-8-9-21-22-16;/h4-9,14,17H,2-3,10-12H2,1H3,(H,20,24)(H,21,22);1H. The predicted molar refractivity (Wildman–Crippen MR) is 98.9 cm³/mol. The van der Waals surface area contributed by atoms with Crippen LogP contribution in [0.3, 0.4) is 0 Å². The summed E-state index contributed by atoms with van der Waals surface area (Å²) >= 11 is 0. The molecular weight excluding hydrogens is 359 g/mol. The number of aromatic amines is 1. The number of hydrogen-bond donors (Lipinski definition) is 2. The van der Waals surface area contributed by atoms with Gasteiger partial charge in [-0.25, -0.2) is 9.18 Å². The molecule has 142 valence electrons. The van der Waals surface area contributed by atoms with E-state index in [9.17, 15) is 9.18 Å². The molecule has 2 amide bonds. The number of carbonyl (C=O) groups is 1. The molecule has 1 fully saturated rings. The molecule has 1 aliphatic rings. The van der Waals surface area contributed by atoms with Crippen molar-refractivity contribution < 1.29 is 13.9 Å². The van der Waals surface area contributed by atoms with Gasteiger partial charge in [0, 0.05) is 44.6 Å². The van der Waals surface area contributed by atoms with Crippen LogP contribution < -0.4 is 5.32 Å². The Balaban J connectivity index is 0.00000243. The number of nitrogens with one attached hydrogen (secondary N) is 2. The van der Waals surface area contributed by atoms with Gasteiger partial charge in [0.25, 0.3) is 0 Å². The lowest BCUT2D eigenvalue weighted by Crippen LogP contribution is -2.46. The summed E-state index contributed by atoms with van der Waals surface area (Å²) in [5.74, 6) is -0.00174. The molecule has 1 aliphatic heterocycles. The zero-order valence-electron chi connectivity index (χ0n) is 14.7. The first-order valence-corrected chi connectivity index (χ1v) is 8.47. The number of methoxy groups -OCH3 is 1. The number of nitrogens with zero attached hydrogens (tertiary/aromatic N) is 2. The van der Waals surface area contributed by atoms with Gasteiger partial charge in [0.1, 0.15) is 5.82 Å². The lowest BCUT2D eigenvalue weighted by Gasteiger charge is -2.32. The second-order valence-electron chi connectivity index (χ2n) is 6.26. The molecule has 1 saturated heterocycles. The number of aromatic nitrogens is 2. The van der Waals surface area contributed by atoms with Crippen LogP contribution in [0.2, 0.25) is 0 Å². The van der Waals surface area contributed by atoms with Crippen molar-refractivity contribution in [3.05, 3.63) is 53.6 Å². The highest BCUT2D eigenvalue weighted by Gasteiger charge is 2.26. The SMILES string of the molecule is COC(CNC(=O)N1CCCC(c2ccn[nH]2)C1)c1ccc(F)cc1.Cl. The first-order valence-electron chi connectivity index (χ1n) is 8.47. The van der Waals surface area contributed by atoms with Gasteiger partial charge in [-0.05, 0) is 36.6 Å². The summed E-state index contributed by atoms with van der Waals surface area (Å²) in [5, 5.41) is 9.91. The molecule has 26 heavy (non-hydrogen) atoms. The number of likely N-dealkylation sites (tertiary alicyclic amines) is 1. The summed E-state index contributed by atoms with van der Waals surface area (Å²) in [5.41, 5.74) is 1.90. The van der Waals surface area contributed by atoms with Crippen LogP contribution in [-0.2, 0) is 4.74 Å². The molecule has 0 spiro atoms. The summed E-state index contributed by atoms with van der Waals surface area (Å²) in [7, 11) is 1.58. The van der Waals surface area contributed by atoms with Crippen LogP contribution in [0, 0.1) is 5.82 Å². The maximum Gasteiger partial charge on any atom is 0.317 e. The van der Waals surface area contributed by atoms with Crippen LogP contribution in [0.1, 0.15) is 36.1 Å². The molecule has 2 heterocycles. The third-order valence-electron chi connectivity index (χ3n) is 4.64. The molecule has 1 aromatic carbocycles. The molecule has 0 radical (unpaired) electrons. The summed E-state index contributed by atoms with van der Waals surface area (Å²) in [4.78, 5) is 14.3. The fourth-order valence-electron chi connectivity index (χ4n) is 3.22. The zero-order chi connectivity index (χ0) is 17.6. The molecule has 6 nitrogen and oxygen atoms in total. The lowest BCUT2D eigenvalue weighted by molar-refractivity contribution is 0.100. The van der Waals surface area contributed by atoms with Crippen molar-refractivity contribution in [2.24, 2.45) is 0 Å². The van der Waals surface area contributed by atoms with E-state index in [0.29, 0.717) is 13.1 Å². The quantitative estimate of drug-likeness (QED) is 0.833. The maximum absolute atomic E-state index is 13.0. The summed E-state index contributed by atoms with van der Waals surface area (Å²) in [6.45, 7) is 1.75. The van der Waals surface area contributed by atoms with Gasteiger partial charge < -0.3 is 15.0 Å². The van der Waals surface area contributed by atoms with Crippen LogP contribution in [0.5, 0.6) is 0 Å². The predicted octanol–water partition coefficient (Wildman–Crippen LogP) is 3.25. The van der Waals surface area contributed by atoms with E-state index in [1.165, 1.54) is 12.1 Å². The van der Waals surface area contributed by atoms with Crippen molar-refractivity contribution in [3.63, 3.8) is 0 Å². The normalized spacial score (nSPS) is 18.1. The van der Waals surface area contributed by atoms with Crippen LogP contribution in [0.4, 0.5) is 9.18 Å². The highest BCUT2D eigenvalue weighted by Crippen LogP contribution is 2.25. The molecule has 2 unspecified atom stereocenters. The van der Waals surface area contributed by atoms with E-state index in [4.69, 9.17) is 4.74 Å². The van der Waals surface area contributed by atoms with E-state index in [2.05, 4.69) is 15.5 Å². The smallest absolute Gasteiger partial charge is 0.317 e. The number of carbonyl (C=O) groups excluding carboxylic acids is 1. The Hall–Kier alpha value is -2.12. The summed E-state index contributed by atoms with van der Waals surface area (Å²) in [6, 6.07) is 7.98. The van der Waals surface area contributed by atoms with Crippen molar-refractivity contribution in [1.29, 1.82) is 0 Å². The molecule has 0 bridgehead atoms. The van der Waals surface area contributed by atoms with Crippen LogP contribution in [0.15, 0.2) is 36.5 Å². The van der Waals surface area contributed by atoms with E-state index in [-0.39, 0.29) is 36.3 Å². The van der Waals surface area contributed by atoms with E-state index >= 15 is 0 Å². The van der Waals surface area contributed by atoms with Gasteiger partial charge in [0.2, 0.25) is 0 Å². The summed E-state index contributed by atoms with van der Waals surface area (Å²) in [6.07, 6.45) is 3.43. The number of ether oxygens (including phenoxy) is 1. The molecular formula is C18H24ClFN4O2. The minimum Gasteiger partial charge on any atom is -0.375 e. The van der Waals surface area contributed by atoms with Crippen LogP contribution >= 0.6 is 12.4 Å². The van der Waals surface area contributed by atoms with E-state index in [1.54, 1.807) is 25.4 Å². The van der Waals surface area contributed by atoms with E-state index in [0.717, 1.165) is 30.6 Å². The Kier molecular flexibility index (Phi) is 7.41. The Morgan fingerprint density at radius 2 is 2.19 bits per heavy atom. The van der Waals surface area contributed by atoms with Crippen molar-refractivity contribution in [3.8, 4) is 0 Å². The van der Waals surface area contributed by atoms with Crippen LogP contribution in [0.25, 0.3) is 0 Å². The first kappa shape index (κ1) is 20.2. The average Bonchev–Trinajstić information content (AvgIpc) is 3.18. The molecule has 8 heteroatoms. The number of hydrogen-bond acceptors (Lipinski definition) is 3. The fraction of sp³-hybridized carbons (Fsp3) is 0.444. The average molecular weight is 383 g/mol. The highest BCUT2D eigenvalue weighted by atomic mass is 35.5. The molecule has 1 aromatic heterocycles. The van der Waals surface area contributed by atoms with Crippen molar-refractivity contribution >= 4 is 18.4 Å². The van der Waals surface area contributed by atoms with Gasteiger partial charge in [0.15, 0.2) is 0 Å². The molecule has 2 N–H and O–H groups in total. The Morgan fingerprint density at radius 1 is 1.42 bits per heavy atom. The minimum atomic E-state index is -0.308. The van der Waals surface area contributed by atoms with Gasteiger partial charge in [0.05, 0.1) is 6.10 Å². The molecule has 3 rings (SSSR count). The third kappa shape index (κ3) is 4.95. The number of halogens is 2. The topological polar surface area (TPSA) is 70.2 Å². The number of benzene rings is 1. The minimum absolute atomic E-state index is 0. The highest BCUT2D eigenvalue weighted by molar-refractivity contribution is 5.85. The number of piperidine rings is 1. The number of H-pyrrole nitrogens is 1. The van der Waals surface area contributed by atoms with Gasteiger partial charge in [-0.3, -0.25) is 5.10 Å². The number of urea groups is 1. The Labute approximate surface area is 158 Å². The molecule has 0 aliphatic carbocycles. The second kappa shape index (κ2) is 9.54. The van der Waals surface area contributed by atoms with Crippen molar-refractivity contribution in [2.45, 2.75) is 24.9 Å². The molecule has 2 aromatic rings. The number of rotatable bonds is 5. The first-order chi connectivity index (χ1) is 12.2. The molecule has 2 atom stereocenters.